The SMILES string of the molecule is COc1cc(OC)cc(C(=O)Nc2cccc(-c3ccn[nH]3)c2)c1. The molecule has 0 unspecified atom stereocenters. The molecule has 2 aromatic carbocycles. The van der Waals surface area contributed by atoms with E-state index in [1.54, 1.807) is 38.6 Å². The summed E-state index contributed by atoms with van der Waals surface area (Å²) in [6, 6.07) is 14.4. The Balaban J connectivity index is 1.84. The molecule has 6 nitrogen and oxygen atoms in total. The second-order valence-corrected chi connectivity index (χ2v) is 5.11. The maximum Gasteiger partial charge on any atom is 0.255 e. The number of anilines is 1. The normalized spacial score (nSPS) is 10.2. The van der Waals surface area contributed by atoms with E-state index in [4.69, 9.17) is 9.47 Å². The van der Waals surface area contributed by atoms with Gasteiger partial charge in [0, 0.05) is 29.1 Å². The number of hydrogen-bond donors (Lipinski definition) is 2. The summed E-state index contributed by atoms with van der Waals surface area (Å²) in [4.78, 5) is 12.5. The molecule has 0 saturated heterocycles. The molecule has 0 bridgehead atoms. The average Bonchev–Trinajstić information content (AvgIpc) is 3.16. The first-order chi connectivity index (χ1) is 11.7. The lowest BCUT2D eigenvalue weighted by Gasteiger charge is -2.10. The van der Waals surface area contributed by atoms with E-state index < -0.39 is 0 Å². The van der Waals surface area contributed by atoms with Crippen LogP contribution in [0.4, 0.5) is 5.69 Å². The van der Waals surface area contributed by atoms with Crippen molar-refractivity contribution in [3.05, 3.63) is 60.3 Å². The molecule has 3 aromatic rings. The number of ether oxygens (including phenoxy) is 2. The van der Waals surface area contributed by atoms with E-state index in [0.29, 0.717) is 22.7 Å². The summed E-state index contributed by atoms with van der Waals surface area (Å²) >= 11 is 0. The molecule has 3 rings (SSSR count). The van der Waals surface area contributed by atoms with Gasteiger partial charge in [-0.05, 0) is 30.3 Å². The van der Waals surface area contributed by atoms with Gasteiger partial charge in [-0.25, -0.2) is 0 Å². The van der Waals surface area contributed by atoms with E-state index in [2.05, 4.69) is 15.5 Å². The van der Waals surface area contributed by atoms with E-state index >= 15 is 0 Å². The van der Waals surface area contributed by atoms with Crippen LogP contribution in [0.15, 0.2) is 54.7 Å². The monoisotopic (exact) mass is 323 g/mol. The van der Waals surface area contributed by atoms with E-state index in [0.717, 1.165) is 11.3 Å². The van der Waals surface area contributed by atoms with Crippen molar-refractivity contribution in [2.45, 2.75) is 0 Å². The van der Waals surface area contributed by atoms with Gasteiger partial charge in [0.25, 0.3) is 5.91 Å². The highest BCUT2D eigenvalue weighted by Gasteiger charge is 2.11. The second-order valence-electron chi connectivity index (χ2n) is 5.11. The number of aromatic nitrogens is 2. The average molecular weight is 323 g/mol. The van der Waals surface area contributed by atoms with Gasteiger partial charge in [-0.2, -0.15) is 5.10 Å². The number of methoxy groups -OCH3 is 2. The number of rotatable bonds is 5. The molecule has 122 valence electrons. The van der Waals surface area contributed by atoms with Crippen LogP contribution >= 0.6 is 0 Å². The molecule has 24 heavy (non-hydrogen) atoms. The highest BCUT2D eigenvalue weighted by molar-refractivity contribution is 6.05. The van der Waals surface area contributed by atoms with Gasteiger partial charge in [-0.1, -0.05) is 12.1 Å². The van der Waals surface area contributed by atoms with Crippen molar-refractivity contribution >= 4 is 11.6 Å². The van der Waals surface area contributed by atoms with Gasteiger partial charge < -0.3 is 14.8 Å². The quantitative estimate of drug-likeness (QED) is 0.755. The number of carbonyl (C=O) groups excluding carboxylic acids is 1. The first kappa shape index (κ1) is 15.6. The van der Waals surface area contributed by atoms with Crippen LogP contribution in [0, 0.1) is 0 Å². The first-order valence-electron chi connectivity index (χ1n) is 7.34. The molecule has 0 aliphatic rings. The van der Waals surface area contributed by atoms with Crippen molar-refractivity contribution < 1.29 is 14.3 Å². The van der Waals surface area contributed by atoms with Crippen molar-refractivity contribution in [2.75, 3.05) is 19.5 Å². The van der Waals surface area contributed by atoms with Gasteiger partial charge >= 0.3 is 0 Å². The lowest BCUT2D eigenvalue weighted by Crippen LogP contribution is -2.12. The number of nitrogens with one attached hydrogen (secondary N) is 2. The molecule has 2 N–H and O–H groups in total. The largest absolute Gasteiger partial charge is 0.497 e. The van der Waals surface area contributed by atoms with Crippen molar-refractivity contribution in [3.63, 3.8) is 0 Å². The minimum Gasteiger partial charge on any atom is -0.497 e. The summed E-state index contributed by atoms with van der Waals surface area (Å²) in [7, 11) is 3.09. The molecular formula is C18H17N3O3. The Labute approximate surface area is 139 Å². The summed E-state index contributed by atoms with van der Waals surface area (Å²) in [5.41, 5.74) is 2.97. The highest BCUT2D eigenvalue weighted by atomic mass is 16.5. The van der Waals surface area contributed by atoms with Crippen LogP contribution in [-0.4, -0.2) is 30.3 Å². The zero-order valence-electron chi connectivity index (χ0n) is 13.4. The lowest BCUT2D eigenvalue weighted by molar-refractivity contribution is 0.102. The van der Waals surface area contributed by atoms with Crippen LogP contribution in [0.5, 0.6) is 11.5 Å². The number of nitrogens with zero attached hydrogens (tertiary/aromatic N) is 1. The molecular weight excluding hydrogens is 306 g/mol. The van der Waals surface area contributed by atoms with Gasteiger partial charge in [0.15, 0.2) is 0 Å². The molecule has 0 spiro atoms. The second kappa shape index (κ2) is 6.87. The van der Waals surface area contributed by atoms with Crippen molar-refractivity contribution in [3.8, 4) is 22.8 Å². The highest BCUT2D eigenvalue weighted by Crippen LogP contribution is 2.24. The fourth-order valence-corrected chi connectivity index (χ4v) is 2.32. The van der Waals surface area contributed by atoms with Gasteiger partial charge in [0.2, 0.25) is 0 Å². The molecule has 1 amide bonds. The van der Waals surface area contributed by atoms with Crippen LogP contribution in [0.3, 0.4) is 0 Å². The lowest BCUT2D eigenvalue weighted by atomic mass is 10.1. The van der Waals surface area contributed by atoms with Crippen LogP contribution in [0.25, 0.3) is 11.3 Å². The molecule has 0 aliphatic carbocycles. The number of hydrogen-bond acceptors (Lipinski definition) is 4. The third-order valence-electron chi connectivity index (χ3n) is 3.55. The predicted molar refractivity (Wildman–Crippen MR) is 91.5 cm³/mol. The van der Waals surface area contributed by atoms with Crippen LogP contribution in [0.1, 0.15) is 10.4 Å². The molecule has 0 radical (unpaired) electrons. The molecule has 1 aromatic heterocycles. The first-order valence-corrected chi connectivity index (χ1v) is 7.34. The Kier molecular flexibility index (Phi) is 4.47. The molecule has 1 heterocycles. The molecule has 0 saturated carbocycles. The topological polar surface area (TPSA) is 76.2 Å². The van der Waals surface area contributed by atoms with Gasteiger partial charge in [-0.3, -0.25) is 9.89 Å². The van der Waals surface area contributed by atoms with E-state index in [1.165, 1.54) is 0 Å². The fraction of sp³-hybridized carbons (Fsp3) is 0.111. The van der Waals surface area contributed by atoms with E-state index in [9.17, 15) is 4.79 Å². The Morgan fingerprint density at radius 3 is 2.42 bits per heavy atom. The number of aromatic amines is 1. The summed E-state index contributed by atoms with van der Waals surface area (Å²) in [5.74, 6) is 0.880. The summed E-state index contributed by atoms with van der Waals surface area (Å²) in [5, 5.41) is 9.71. The Morgan fingerprint density at radius 1 is 1.04 bits per heavy atom. The van der Waals surface area contributed by atoms with Gasteiger partial charge in [0.1, 0.15) is 11.5 Å². The molecule has 0 aliphatic heterocycles. The standard InChI is InChI=1S/C18H17N3O3/c1-23-15-9-13(10-16(11-15)24-2)18(22)20-14-5-3-4-12(8-14)17-6-7-19-21-17/h3-11H,1-2H3,(H,19,21)(H,20,22). The number of benzene rings is 2. The third kappa shape index (κ3) is 3.38. The van der Waals surface area contributed by atoms with E-state index in [-0.39, 0.29) is 5.91 Å². The Bertz CT molecular complexity index is 822. The predicted octanol–water partition coefficient (Wildman–Crippen LogP) is 3.35. The minimum atomic E-state index is -0.242. The van der Waals surface area contributed by atoms with E-state index in [1.807, 2.05) is 30.3 Å². The maximum absolute atomic E-state index is 12.5. The Hall–Kier alpha value is -3.28. The summed E-state index contributed by atoms with van der Waals surface area (Å²) in [6.45, 7) is 0. The summed E-state index contributed by atoms with van der Waals surface area (Å²) < 4.78 is 10.4. The fourth-order valence-electron chi connectivity index (χ4n) is 2.32. The number of carbonyl (C=O) groups is 1. The van der Waals surface area contributed by atoms with Crippen LogP contribution < -0.4 is 14.8 Å². The minimum absolute atomic E-state index is 0.242. The van der Waals surface area contributed by atoms with Gasteiger partial charge in [0.05, 0.1) is 19.9 Å². The van der Waals surface area contributed by atoms with Crippen molar-refractivity contribution in [1.82, 2.24) is 10.2 Å². The maximum atomic E-state index is 12.5. The van der Waals surface area contributed by atoms with Crippen LogP contribution in [-0.2, 0) is 0 Å². The zero-order valence-corrected chi connectivity index (χ0v) is 13.4. The number of amides is 1. The smallest absolute Gasteiger partial charge is 0.255 e. The molecule has 0 fully saturated rings. The molecule has 6 heteroatoms. The third-order valence-corrected chi connectivity index (χ3v) is 3.55. The van der Waals surface area contributed by atoms with Crippen molar-refractivity contribution in [2.24, 2.45) is 0 Å². The zero-order chi connectivity index (χ0) is 16.9. The van der Waals surface area contributed by atoms with Crippen LogP contribution in [0.2, 0.25) is 0 Å². The van der Waals surface area contributed by atoms with Gasteiger partial charge in [-0.15, -0.1) is 0 Å². The summed E-state index contributed by atoms with van der Waals surface area (Å²) in [6.07, 6.45) is 1.68. The molecule has 0 atom stereocenters. The number of H-pyrrole nitrogens is 1. The van der Waals surface area contributed by atoms with Crippen molar-refractivity contribution in [1.29, 1.82) is 0 Å². The Morgan fingerprint density at radius 2 is 1.79 bits per heavy atom.